The molecule has 0 unspecified atom stereocenters. The second-order valence-electron chi connectivity index (χ2n) is 6.58. The Morgan fingerprint density at radius 3 is 2.52 bits per heavy atom. The maximum Gasteiger partial charge on any atom is 0.340 e. The van der Waals surface area contributed by atoms with Crippen LogP contribution in [0, 0.1) is 0 Å². The summed E-state index contributed by atoms with van der Waals surface area (Å²) in [4.78, 5) is 42.2. The maximum absolute atomic E-state index is 12.9. The van der Waals surface area contributed by atoms with Gasteiger partial charge in [-0.2, -0.15) is 4.98 Å². The number of ketones is 2. The number of hydrogen-bond donors (Lipinski definition) is 1. The molecule has 2 N–H and O–H groups in total. The van der Waals surface area contributed by atoms with Gasteiger partial charge in [0.25, 0.3) is 5.89 Å². The van der Waals surface area contributed by atoms with Crippen LogP contribution in [0.5, 0.6) is 0 Å². The third-order valence-corrected chi connectivity index (χ3v) is 4.66. The molecule has 0 spiro atoms. The normalized spacial score (nSPS) is 12.4. The summed E-state index contributed by atoms with van der Waals surface area (Å²) in [5.74, 6) is -0.757. The minimum Gasteiger partial charge on any atom is -0.452 e. The van der Waals surface area contributed by atoms with Crippen LogP contribution in [0.4, 0.5) is 5.69 Å². The molecule has 0 saturated heterocycles. The Bertz CT molecular complexity index is 1150. The van der Waals surface area contributed by atoms with Crippen LogP contribution in [0.3, 0.4) is 0 Å². The molecule has 0 radical (unpaired) electrons. The Morgan fingerprint density at radius 1 is 1.07 bits per heavy atom. The van der Waals surface area contributed by atoms with E-state index in [1.807, 2.05) is 6.92 Å². The molecule has 0 atom stereocenters. The molecule has 8 heteroatoms. The van der Waals surface area contributed by atoms with Gasteiger partial charge in [-0.05, 0) is 18.6 Å². The van der Waals surface area contributed by atoms with Gasteiger partial charge < -0.3 is 15.0 Å². The van der Waals surface area contributed by atoms with Crippen LogP contribution < -0.4 is 5.73 Å². The van der Waals surface area contributed by atoms with Gasteiger partial charge in [-0.3, -0.25) is 9.59 Å². The van der Waals surface area contributed by atoms with Crippen LogP contribution >= 0.6 is 0 Å². The molecule has 4 rings (SSSR count). The molecule has 0 amide bonds. The second kappa shape index (κ2) is 7.31. The number of carbonyl (C=O) groups is 3. The monoisotopic (exact) mass is 391 g/mol. The van der Waals surface area contributed by atoms with E-state index in [0.717, 1.165) is 6.42 Å². The Balaban J connectivity index is 1.60. The van der Waals surface area contributed by atoms with E-state index >= 15 is 0 Å². The highest BCUT2D eigenvalue weighted by Crippen LogP contribution is 2.32. The predicted molar refractivity (Wildman–Crippen MR) is 102 cm³/mol. The first-order valence-electron chi connectivity index (χ1n) is 9.10. The lowest BCUT2D eigenvalue weighted by atomic mass is 9.82. The van der Waals surface area contributed by atoms with Crippen molar-refractivity contribution in [1.82, 2.24) is 10.1 Å². The van der Waals surface area contributed by atoms with E-state index in [4.69, 9.17) is 15.0 Å². The molecular formula is C21H17N3O5. The quantitative estimate of drug-likeness (QED) is 0.407. The number of ether oxygens (including phenoxy) is 1. The molecule has 1 aromatic heterocycles. The number of anilines is 1. The molecule has 0 saturated carbocycles. The largest absolute Gasteiger partial charge is 0.452 e. The van der Waals surface area contributed by atoms with Crippen LogP contribution in [0.25, 0.3) is 0 Å². The van der Waals surface area contributed by atoms with Gasteiger partial charge in [0.1, 0.15) is 0 Å². The molecular weight excluding hydrogens is 374 g/mol. The molecule has 3 aromatic rings. The molecule has 146 valence electrons. The zero-order chi connectivity index (χ0) is 20.5. The van der Waals surface area contributed by atoms with Crippen LogP contribution in [0.2, 0.25) is 0 Å². The Morgan fingerprint density at radius 2 is 1.79 bits per heavy atom. The molecule has 8 nitrogen and oxygen atoms in total. The smallest absolute Gasteiger partial charge is 0.340 e. The lowest BCUT2D eigenvalue weighted by Crippen LogP contribution is -2.24. The zero-order valence-electron chi connectivity index (χ0n) is 15.6. The van der Waals surface area contributed by atoms with E-state index in [1.165, 1.54) is 12.1 Å². The number of nitrogens with two attached hydrogens (primary N) is 1. The van der Waals surface area contributed by atoms with Crippen LogP contribution in [0.15, 0.2) is 40.9 Å². The lowest BCUT2D eigenvalue weighted by molar-refractivity contribution is 0.0431. The second-order valence-corrected chi connectivity index (χ2v) is 6.58. The minimum absolute atomic E-state index is 0.00224. The molecule has 1 aliphatic rings. The number of aromatic nitrogens is 2. The summed E-state index contributed by atoms with van der Waals surface area (Å²) < 4.78 is 10.2. The van der Waals surface area contributed by atoms with Crippen molar-refractivity contribution in [3.63, 3.8) is 0 Å². The van der Waals surface area contributed by atoms with Crippen molar-refractivity contribution in [1.29, 1.82) is 0 Å². The topological polar surface area (TPSA) is 125 Å². The van der Waals surface area contributed by atoms with E-state index in [-0.39, 0.29) is 46.2 Å². The summed E-state index contributed by atoms with van der Waals surface area (Å²) in [5.41, 5.74) is 6.78. The number of fused-ring (bicyclic) bond motifs is 2. The van der Waals surface area contributed by atoms with Crippen molar-refractivity contribution < 1.29 is 23.6 Å². The zero-order valence-corrected chi connectivity index (χ0v) is 15.6. The third kappa shape index (κ3) is 3.18. The number of carbonyl (C=O) groups excluding carboxylic acids is 3. The van der Waals surface area contributed by atoms with Crippen LogP contribution in [-0.4, -0.2) is 27.7 Å². The van der Waals surface area contributed by atoms with E-state index in [1.54, 1.807) is 24.3 Å². The van der Waals surface area contributed by atoms with Gasteiger partial charge in [-0.25, -0.2) is 4.79 Å². The average Bonchev–Trinajstić information content (AvgIpc) is 3.18. The van der Waals surface area contributed by atoms with Crippen molar-refractivity contribution in [2.24, 2.45) is 0 Å². The first kappa shape index (κ1) is 18.5. The van der Waals surface area contributed by atoms with Crippen molar-refractivity contribution >= 4 is 23.2 Å². The molecule has 0 fully saturated rings. The average molecular weight is 391 g/mol. The highest BCUT2D eigenvalue weighted by atomic mass is 16.6. The fourth-order valence-electron chi connectivity index (χ4n) is 3.27. The van der Waals surface area contributed by atoms with E-state index in [9.17, 15) is 14.4 Å². The lowest BCUT2D eigenvalue weighted by Gasteiger charge is -2.20. The summed E-state index contributed by atoms with van der Waals surface area (Å²) in [7, 11) is 0. The van der Waals surface area contributed by atoms with E-state index in [0.29, 0.717) is 17.8 Å². The standard InChI is InChI=1S/C21H17N3O5/c1-2-5-15-23-16(29-24-15)10-28-21(27)14-9-8-13-17(18(14)22)20(26)12-7-4-3-6-11(12)19(13)25/h3-4,6-9H,2,5,10,22H2,1H3. The van der Waals surface area contributed by atoms with Gasteiger partial charge in [0.05, 0.1) is 16.8 Å². The number of rotatable bonds is 5. The van der Waals surface area contributed by atoms with E-state index < -0.39 is 11.8 Å². The van der Waals surface area contributed by atoms with Gasteiger partial charge in [0, 0.05) is 23.1 Å². The number of hydrogen-bond acceptors (Lipinski definition) is 8. The van der Waals surface area contributed by atoms with E-state index in [2.05, 4.69) is 10.1 Å². The maximum atomic E-state index is 12.9. The van der Waals surface area contributed by atoms with Gasteiger partial charge in [-0.1, -0.05) is 36.3 Å². The fourth-order valence-corrected chi connectivity index (χ4v) is 3.27. The SMILES string of the molecule is CCCc1noc(COC(=O)c2ccc3c(c2N)C(=O)c2ccccc2C3=O)n1. The molecule has 1 heterocycles. The predicted octanol–water partition coefficient (Wildman–Crippen LogP) is 2.74. The van der Waals surface area contributed by atoms with Crippen molar-refractivity contribution in [2.45, 2.75) is 26.4 Å². The number of esters is 1. The molecule has 29 heavy (non-hydrogen) atoms. The third-order valence-electron chi connectivity index (χ3n) is 4.66. The summed E-state index contributed by atoms with van der Waals surface area (Å²) in [5, 5.41) is 3.79. The van der Waals surface area contributed by atoms with Crippen LogP contribution in [-0.2, 0) is 17.8 Å². The highest BCUT2D eigenvalue weighted by molar-refractivity contribution is 6.30. The summed E-state index contributed by atoms with van der Waals surface area (Å²) in [6.45, 7) is 1.77. The number of benzene rings is 2. The van der Waals surface area contributed by atoms with Gasteiger partial charge >= 0.3 is 5.97 Å². The Labute approximate surface area is 165 Å². The first-order chi connectivity index (χ1) is 14.0. The summed E-state index contributed by atoms with van der Waals surface area (Å²) >= 11 is 0. The van der Waals surface area contributed by atoms with Crippen molar-refractivity contribution in [3.8, 4) is 0 Å². The fraction of sp³-hybridized carbons (Fsp3) is 0.190. The number of nitrogens with zero attached hydrogens (tertiary/aromatic N) is 2. The number of aryl methyl sites for hydroxylation is 1. The highest BCUT2D eigenvalue weighted by Gasteiger charge is 2.33. The molecule has 0 bridgehead atoms. The molecule has 1 aliphatic carbocycles. The molecule has 2 aromatic carbocycles. The van der Waals surface area contributed by atoms with Gasteiger partial charge in [-0.15, -0.1) is 0 Å². The van der Waals surface area contributed by atoms with Crippen LogP contribution in [0.1, 0.15) is 67.3 Å². The molecule has 0 aliphatic heterocycles. The summed E-state index contributed by atoms with van der Waals surface area (Å²) in [6, 6.07) is 9.31. The Hall–Kier alpha value is -3.81. The first-order valence-corrected chi connectivity index (χ1v) is 9.10. The van der Waals surface area contributed by atoms with Gasteiger partial charge in [0.15, 0.2) is 24.0 Å². The minimum atomic E-state index is -0.750. The van der Waals surface area contributed by atoms with Crippen molar-refractivity contribution in [3.05, 3.63) is 75.9 Å². The number of nitrogen functional groups attached to an aromatic ring is 1. The summed E-state index contributed by atoms with van der Waals surface area (Å²) in [6.07, 6.45) is 1.52. The van der Waals surface area contributed by atoms with Gasteiger partial charge in [0.2, 0.25) is 0 Å². The van der Waals surface area contributed by atoms with Crippen molar-refractivity contribution in [2.75, 3.05) is 5.73 Å². The Kier molecular flexibility index (Phi) is 4.67.